The predicted octanol–water partition coefficient (Wildman–Crippen LogP) is 6.26. The van der Waals surface area contributed by atoms with Crippen molar-refractivity contribution in [2.24, 2.45) is 0 Å². The summed E-state index contributed by atoms with van der Waals surface area (Å²) < 4.78 is 15.1. The van der Waals surface area contributed by atoms with E-state index in [1.165, 1.54) is 12.1 Å². The van der Waals surface area contributed by atoms with E-state index in [4.69, 9.17) is 0 Å². The summed E-state index contributed by atoms with van der Waals surface area (Å²) in [5, 5.41) is 7.60. The van der Waals surface area contributed by atoms with Gasteiger partial charge in [-0.2, -0.15) is 5.10 Å². The Hall–Kier alpha value is -4.26. The number of nitrogens with zero attached hydrogens (tertiary/aromatic N) is 3. The zero-order valence-electron chi connectivity index (χ0n) is 21.2. The quantitative estimate of drug-likeness (QED) is 0.263. The third kappa shape index (κ3) is 6.50. The molecule has 37 heavy (non-hydrogen) atoms. The van der Waals surface area contributed by atoms with Crippen LogP contribution in [0.5, 0.6) is 0 Å². The van der Waals surface area contributed by atoms with Crippen molar-refractivity contribution in [2.75, 3.05) is 18.4 Å². The monoisotopic (exact) mass is 498 g/mol. The number of amides is 2. The molecular weight excluding hydrogens is 467 g/mol. The molecule has 0 unspecified atom stereocenters. The topological polar surface area (TPSA) is 67.2 Å². The number of rotatable bonds is 10. The van der Waals surface area contributed by atoms with Crippen molar-refractivity contribution in [3.8, 4) is 16.9 Å². The molecule has 6 nitrogen and oxygen atoms in total. The van der Waals surface area contributed by atoms with Gasteiger partial charge in [0.05, 0.1) is 11.4 Å². The molecule has 0 fully saturated rings. The molecule has 0 radical (unpaired) electrons. The molecule has 0 aliphatic carbocycles. The fraction of sp³-hybridized carbons (Fsp3) is 0.233. The molecule has 1 heterocycles. The summed E-state index contributed by atoms with van der Waals surface area (Å²) in [6.45, 7) is 4.39. The number of carbonyl (C=O) groups excluding carboxylic acids is 2. The number of benzene rings is 3. The molecule has 0 saturated heterocycles. The van der Waals surface area contributed by atoms with Gasteiger partial charge in [0.25, 0.3) is 5.91 Å². The van der Waals surface area contributed by atoms with Gasteiger partial charge in [-0.15, -0.1) is 0 Å². The minimum absolute atomic E-state index is 0.0911. The second-order valence-electron chi connectivity index (χ2n) is 8.97. The van der Waals surface area contributed by atoms with Crippen LogP contribution in [0.3, 0.4) is 0 Å². The molecule has 0 aliphatic heterocycles. The second-order valence-corrected chi connectivity index (χ2v) is 8.97. The Morgan fingerprint density at radius 2 is 1.65 bits per heavy atom. The van der Waals surface area contributed by atoms with Gasteiger partial charge < -0.3 is 10.2 Å². The molecule has 3 aromatic carbocycles. The van der Waals surface area contributed by atoms with Gasteiger partial charge in [0, 0.05) is 23.7 Å². The lowest BCUT2D eigenvalue weighted by Crippen LogP contribution is -2.39. The fourth-order valence-corrected chi connectivity index (χ4v) is 4.14. The first-order chi connectivity index (χ1) is 18.0. The first-order valence-corrected chi connectivity index (χ1v) is 12.5. The van der Waals surface area contributed by atoms with E-state index in [9.17, 15) is 14.0 Å². The Morgan fingerprint density at radius 3 is 2.35 bits per heavy atom. The lowest BCUT2D eigenvalue weighted by atomic mass is 10.1. The second kappa shape index (κ2) is 12.1. The Morgan fingerprint density at radius 1 is 0.946 bits per heavy atom. The van der Waals surface area contributed by atoms with Crippen molar-refractivity contribution in [1.29, 1.82) is 0 Å². The largest absolute Gasteiger partial charge is 0.329 e. The third-order valence-corrected chi connectivity index (χ3v) is 6.15. The number of unbranched alkanes of at least 4 members (excludes halogenated alkanes) is 2. The molecule has 4 rings (SSSR count). The highest BCUT2D eigenvalue weighted by atomic mass is 19.1. The molecule has 1 N–H and O–H groups in total. The van der Waals surface area contributed by atoms with Crippen molar-refractivity contribution in [3.63, 3.8) is 0 Å². The van der Waals surface area contributed by atoms with Gasteiger partial charge >= 0.3 is 0 Å². The number of aryl methyl sites for hydroxylation is 1. The van der Waals surface area contributed by atoms with Crippen LogP contribution in [-0.2, 0) is 4.79 Å². The maximum absolute atomic E-state index is 13.6. The minimum Gasteiger partial charge on any atom is -0.329 e. The molecule has 0 bridgehead atoms. The highest BCUT2D eigenvalue weighted by molar-refractivity contribution is 6.00. The summed E-state index contributed by atoms with van der Waals surface area (Å²) in [6.07, 6.45) is 2.79. The highest BCUT2D eigenvalue weighted by Gasteiger charge is 2.21. The van der Waals surface area contributed by atoms with Crippen LogP contribution in [0.2, 0.25) is 0 Å². The van der Waals surface area contributed by atoms with E-state index >= 15 is 0 Å². The van der Waals surface area contributed by atoms with Gasteiger partial charge in [0.15, 0.2) is 0 Å². The summed E-state index contributed by atoms with van der Waals surface area (Å²) in [6, 6.07) is 24.7. The lowest BCUT2D eigenvalue weighted by molar-refractivity contribution is -0.117. The van der Waals surface area contributed by atoms with Crippen LogP contribution in [0, 0.1) is 12.7 Å². The average molecular weight is 499 g/mol. The molecule has 0 atom stereocenters. The molecule has 1 aromatic heterocycles. The molecule has 7 heteroatoms. The van der Waals surface area contributed by atoms with E-state index in [-0.39, 0.29) is 24.2 Å². The summed E-state index contributed by atoms with van der Waals surface area (Å²) in [5.74, 6) is -0.419. The molecule has 4 aromatic rings. The van der Waals surface area contributed by atoms with E-state index < -0.39 is 0 Å². The highest BCUT2D eigenvalue weighted by Crippen LogP contribution is 2.25. The molecule has 190 valence electrons. The maximum atomic E-state index is 13.6. The summed E-state index contributed by atoms with van der Waals surface area (Å²) in [7, 11) is 0. The van der Waals surface area contributed by atoms with Crippen LogP contribution in [0.25, 0.3) is 16.9 Å². The minimum atomic E-state index is -0.359. The van der Waals surface area contributed by atoms with Crippen molar-refractivity contribution in [1.82, 2.24) is 14.7 Å². The van der Waals surface area contributed by atoms with Crippen molar-refractivity contribution in [2.45, 2.75) is 33.1 Å². The molecule has 2 amide bonds. The number of aromatic nitrogens is 2. The first kappa shape index (κ1) is 25.8. The van der Waals surface area contributed by atoms with E-state index in [1.807, 2.05) is 55.5 Å². The predicted molar refractivity (Wildman–Crippen MR) is 144 cm³/mol. The third-order valence-electron chi connectivity index (χ3n) is 6.15. The zero-order valence-corrected chi connectivity index (χ0v) is 21.2. The Kier molecular flexibility index (Phi) is 8.46. The zero-order chi connectivity index (χ0) is 26.2. The smallest absolute Gasteiger partial charge is 0.254 e. The van der Waals surface area contributed by atoms with E-state index in [2.05, 4.69) is 17.3 Å². The van der Waals surface area contributed by atoms with Crippen molar-refractivity contribution in [3.05, 3.63) is 102 Å². The van der Waals surface area contributed by atoms with E-state index in [1.54, 1.807) is 33.8 Å². The molecule has 0 spiro atoms. The van der Waals surface area contributed by atoms with Crippen LogP contribution in [0.15, 0.2) is 84.9 Å². The normalized spacial score (nSPS) is 10.8. The summed E-state index contributed by atoms with van der Waals surface area (Å²) in [4.78, 5) is 28.2. The number of nitrogens with one attached hydrogen (secondary N) is 1. The van der Waals surface area contributed by atoms with Crippen molar-refractivity contribution >= 4 is 17.6 Å². The summed E-state index contributed by atoms with van der Waals surface area (Å²) >= 11 is 0. The van der Waals surface area contributed by atoms with Crippen LogP contribution in [0.4, 0.5) is 10.2 Å². The van der Waals surface area contributed by atoms with Crippen LogP contribution in [-0.4, -0.2) is 39.6 Å². The van der Waals surface area contributed by atoms with Crippen LogP contribution < -0.4 is 5.32 Å². The average Bonchev–Trinajstić information content (AvgIpc) is 3.32. The van der Waals surface area contributed by atoms with Gasteiger partial charge in [-0.25, -0.2) is 9.07 Å². The molecular formula is C30H31FN4O2. The SMILES string of the molecule is CCCCCN(CC(=O)Nc1cc(-c2ccccc2)nn1-c1ccc(F)cc1)C(=O)c1ccccc1C. The number of carbonyl (C=O) groups is 2. The number of anilines is 1. The van der Waals surface area contributed by atoms with Gasteiger partial charge in [0.2, 0.25) is 5.91 Å². The molecule has 0 aliphatic rings. The van der Waals surface area contributed by atoms with Crippen LogP contribution in [0.1, 0.15) is 42.1 Å². The Balaban J connectivity index is 1.60. The fourth-order valence-electron chi connectivity index (χ4n) is 4.14. The van der Waals surface area contributed by atoms with Crippen molar-refractivity contribution < 1.29 is 14.0 Å². The lowest BCUT2D eigenvalue weighted by Gasteiger charge is -2.23. The van der Waals surface area contributed by atoms with Crippen LogP contribution >= 0.6 is 0 Å². The van der Waals surface area contributed by atoms with Gasteiger partial charge in [0.1, 0.15) is 18.2 Å². The summed E-state index contributed by atoms with van der Waals surface area (Å²) in [5.41, 5.74) is 3.62. The maximum Gasteiger partial charge on any atom is 0.254 e. The van der Waals surface area contributed by atoms with Gasteiger partial charge in [-0.3, -0.25) is 9.59 Å². The number of hydrogen-bond donors (Lipinski definition) is 1. The Bertz CT molecular complexity index is 1350. The standard InChI is InChI=1S/C30H31FN4O2/c1-3-4-10-19-34(30(37)26-14-9-8-11-22(26)2)21-29(36)32-28-20-27(23-12-6-5-7-13-23)33-35(28)25-17-15-24(31)16-18-25/h5-9,11-18,20H,3-4,10,19,21H2,1-2H3,(H,32,36). The number of hydrogen-bond acceptors (Lipinski definition) is 3. The first-order valence-electron chi connectivity index (χ1n) is 12.5. The molecule has 0 saturated carbocycles. The van der Waals surface area contributed by atoms with Gasteiger partial charge in [-0.05, 0) is 49.2 Å². The van der Waals surface area contributed by atoms with Gasteiger partial charge in [-0.1, -0.05) is 68.3 Å². The van der Waals surface area contributed by atoms with E-state index in [0.717, 1.165) is 30.4 Å². The Labute approximate surface area is 216 Å². The van der Waals surface area contributed by atoms with E-state index in [0.29, 0.717) is 29.3 Å². The number of halogens is 1.